The number of hydrogen-bond donors (Lipinski definition) is 3. The van der Waals surface area contributed by atoms with E-state index in [1.807, 2.05) is 0 Å². The lowest BCUT2D eigenvalue weighted by molar-refractivity contribution is -0.148. The number of amides is 1. The van der Waals surface area contributed by atoms with Gasteiger partial charge in [0.15, 0.2) is 5.13 Å². The summed E-state index contributed by atoms with van der Waals surface area (Å²) < 4.78 is 50.6. The highest BCUT2D eigenvalue weighted by atomic mass is 35.5. The Morgan fingerprint density at radius 2 is 2.13 bits per heavy atom. The number of nitrogen functional groups attached to an aromatic ring is 1. The second-order valence-electron chi connectivity index (χ2n) is 9.32. The number of carbonyl (C=O) groups excluding carboxylic acids is 1. The number of nitrogens with zero attached hydrogens (tertiary/aromatic N) is 5. The fraction of sp³-hybridized carbons (Fsp3) is 0.391. The van der Waals surface area contributed by atoms with Crippen LogP contribution in [0, 0.1) is 0 Å². The highest BCUT2D eigenvalue weighted by molar-refractivity contribution is 7.81. The summed E-state index contributed by atoms with van der Waals surface area (Å²) in [7, 11) is 0. The van der Waals surface area contributed by atoms with Gasteiger partial charge in [-0.15, -0.1) is 0 Å². The van der Waals surface area contributed by atoms with Gasteiger partial charge in [0.1, 0.15) is 22.9 Å². The van der Waals surface area contributed by atoms with Gasteiger partial charge in [-0.3, -0.25) is 9.35 Å². The normalized spacial score (nSPS) is 20.5. The number of fused-ring (bicyclic) bond motifs is 1. The number of aliphatic carboxylic acids is 1. The zero-order valence-corrected chi connectivity index (χ0v) is 22.6. The maximum absolute atomic E-state index is 13.7. The molecule has 2 aliphatic rings. The molecule has 0 bridgehead atoms. The van der Waals surface area contributed by atoms with Gasteiger partial charge in [0.2, 0.25) is 5.91 Å². The number of halogens is 3. The molecule has 1 unspecified atom stereocenters. The predicted molar refractivity (Wildman–Crippen MR) is 144 cm³/mol. The number of alkyl halides is 2. The predicted octanol–water partition coefficient (Wildman–Crippen LogP) is 3.01. The number of benzene rings is 1. The first-order valence-electron chi connectivity index (χ1n) is 11.8. The van der Waals surface area contributed by atoms with Crippen LogP contribution in [0.4, 0.5) is 24.7 Å². The summed E-state index contributed by atoms with van der Waals surface area (Å²) in [5.74, 6) is -4.50. The zero-order valence-electron chi connectivity index (χ0n) is 20.2. The van der Waals surface area contributed by atoms with Gasteiger partial charge < -0.3 is 20.6 Å². The summed E-state index contributed by atoms with van der Waals surface area (Å²) in [4.78, 5) is 36.4. The van der Waals surface area contributed by atoms with Crippen LogP contribution in [0.3, 0.4) is 0 Å². The number of anilines is 3. The average molecular weight is 601 g/mol. The van der Waals surface area contributed by atoms with Crippen LogP contribution >= 0.6 is 22.9 Å². The number of nitrogens with two attached hydrogens (primary N) is 1. The molecule has 11 nitrogen and oxygen atoms in total. The minimum Gasteiger partial charge on any atom is -0.480 e. The Morgan fingerprint density at radius 1 is 1.36 bits per heavy atom. The van der Waals surface area contributed by atoms with Crippen molar-refractivity contribution in [2.24, 2.45) is 0 Å². The summed E-state index contributed by atoms with van der Waals surface area (Å²) in [6, 6.07) is 2.55. The number of carboxylic acids is 1. The minimum atomic E-state index is -2.85. The number of likely N-dealkylation sites (tertiary alicyclic amines) is 1. The van der Waals surface area contributed by atoms with Crippen molar-refractivity contribution < 1.29 is 32.2 Å². The summed E-state index contributed by atoms with van der Waals surface area (Å²) in [6.45, 7) is -0.418. The van der Waals surface area contributed by atoms with Crippen molar-refractivity contribution >= 4 is 72.8 Å². The van der Waals surface area contributed by atoms with E-state index in [0.29, 0.717) is 16.3 Å². The van der Waals surface area contributed by atoms with Crippen LogP contribution in [0.2, 0.25) is 5.02 Å². The molecule has 2 aliphatic heterocycles. The van der Waals surface area contributed by atoms with Crippen molar-refractivity contribution in [1.29, 1.82) is 0 Å². The van der Waals surface area contributed by atoms with Gasteiger partial charge in [-0.2, -0.15) is 0 Å². The molecule has 0 radical (unpaired) electrons. The van der Waals surface area contributed by atoms with E-state index in [9.17, 15) is 32.2 Å². The van der Waals surface area contributed by atoms with Crippen LogP contribution in [0.25, 0.3) is 10.8 Å². The molecule has 16 heteroatoms. The maximum atomic E-state index is 13.7. The summed E-state index contributed by atoms with van der Waals surface area (Å²) in [5.41, 5.74) is 6.38. The van der Waals surface area contributed by atoms with Crippen LogP contribution < -0.4 is 14.9 Å². The number of aromatic nitrogens is 2. The average Bonchev–Trinajstić information content (AvgIpc) is 3.58. The molecule has 208 valence electrons. The Hall–Kier alpha value is -3.14. The second-order valence-corrected chi connectivity index (χ2v) is 11.6. The first-order valence-corrected chi connectivity index (χ1v) is 14.1. The van der Waals surface area contributed by atoms with E-state index in [2.05, 4.69) is 9.97 Å². The minimum absolute atomic E-state index is 0.0141. The fourth-order valence-electron chi connectivity index (χ4n) is 4.92. The molecule has 0 saturated carbocycles. The molecule has 2 saturated heterocycles. The highest BCUT2D eigenvalue weighted by Gasteiger charge is 2.45. The van der Waals surface area contributed by atoms with Crippen LogP contribution in [0.5, 0.6) is 0 Å². The zero-order chi connectivity index (χ0) is 28.1. The van der Waals surface area contributed by atoms with Crippen LogP contribution in [0.15, 0.2) is 30.6 Å². The van der Waals surface area contributed by atoms with Gasteiger partial charge in [0.05, 0.1) is 12.7 Å². The molecule has 4 heterocycles. The molecule has 1 aromatic carbocycles. The number of thiazole rings is 1. The van der Waals surface area contributed by atoms with Crippen molar-refractivity contribution in [1.82, 2.24) is 14.9 Å². The molecule has 2 fully saturated rings. The number of rotatable bonds is 8. The fourth-order valence-corrected chi connectivity index (χ4v) is 6.97. The molecular weight excluding hydrogens is 578 g/mol. The second kappa shape index (κ2) is 10.4. The van der Waals surface area contributed by atoms with Gasteiger partial charge in [0.25, 0.3) is 17.2 Å². The van der Waals surface area contributed by atoms with Crippen LogP contribution in [-0.4, -0.2) is 78.3 Å². The van der Waals surface area contributed by atoms with E-state index in [4.69, 9.17) is 17.3 Å². The Labute approximate surface area is 232 Å². The highest BCUT2D eigenvalue weighted by Crippen LogP contribution is 2.38. The van der Waals surface area contributed by atoms with E-state index >= 15 is 0 Å². The molecule has 4 N–H and O–H groups in total. The third-order valence-electron chi connectivity index (χ3n) is 6.84. The lowest BCUT2D eigenvalue weighted by atomic mass is 10.0. The monoisotopic (exact) mass is 600 g/mol. The largest absolute Gasteiger partial charge is 0.480 e. The number of carbonyl (C=O) groups is 2. The van der Waals surface area contributed by atoms with Crippen molar-refractivity contribution in [2.45, 2.75) is 37.3 Å². The van der Waals surface area contributed by atoms with Gasteiger partial charge >= 0.3 is 5.97 Å². The van der Waals surface area contributed by atoms with Crippen molar-refractivity contribution in [2.75, 3.05) is 34.6 Å². The Morgan fingerprint density at radius 3 is 2.79 bits per heavy atom. The topological polar surface area (TPSA) is 153 Å². The van der Waals surface area contributed by atoms with Gasteiger partial charge in [-0.1, -0.05) is 22.9 Å². The lowest BCUT2D eigenvalue weighted by Gasteiger charge is -2.27. The van der Waals surface area contributed by atoms with Gasteiger partial charge in [0, 0.05) is 42.5 Å². The molecule has 0 aliphatic carbocycles. The van der Waals surface area contributed by atoms with E-state index in [-0.39, 0.29) is 53.3 Å². The molecule has 1 amide bonds. The SMILES string of the molecule is Nc1nccc2cc(C[C@H](C(=O)O)N3CC[C@H](N(c4cnc(N5CCC(F)(F)C5)s4)S(=O)O)C3=O)c(Cl)cc12. The summed E-state index contributed by atoms with van der Waals surface area (Å²) >= 11 is 4.67. The first-order chi connectivity index (χ1) is 18.4. The Kier molecular flexibility index (Phi) is 7.35. The van der Waals surface area contributed by atoms with Crippen molar-refractivity contribution in [3.05, 3.63) is 41.2 Å². The van der Waals surface area contributed by atoms with Crippen molar-refractivity contribution in [3.63, 3.8) is 0 Å². The molecule has 39 heavy (non-hydrogen) atoms. The smallest absolute Gasteiger partial charge is 0.326 e. The number of carboxylic acid groups (broad SMARTS) is 1. The third-order valence-corrected chi connectivity index (χ3v) is 9.15. The van der Waals surface area contributed by atoms with Crippen LogP contribution in [0.1, 0.15) is 18.4 Å². The van der Waals surface area contributed by atoms with E-state index in [0.717, 1.165) is 20.5 Å². The van der Waals surface area contributed by atoms with Crippen molar-refractivity contribution in [3.8, 4) is 0 Å². The number of pyridine rings is 1. The molecular formula is C23H23ClF2N6O5S2. The molecule has 0 spiro atoms. The van der Waals surface area contributed by atoms with E-state index in [1.165, 1.54) is 17.3 Å². The Bertz CT molecular complexity index is 1480. The standard InChI is InChI=1S/C23H23ClF2N6O5S2/c24-15-9-14-12(1-4-28-19(14)27)7-13(15)8-17(21(34)35)31-5-2-16(20(31)33)32(39(36)37)18-10-29-22(38-18)30-6-3-23(25,26)11-30/h1,4,7,9-10,16-17H,2-3,5-6,8,11H2,(H2,27,28)(H,34,35)(H,36,37)/t16-,17+/m0/s1. The molecule has 2 aromatic heterocycles. The maximum Gasteiger partial charge on any atom is 0.326 e. The molecule has 3 aromatic rings. The summed E-state index contributed by atoms with van der Waals surface area (Å²) in [6.07, 6.45) is 2.40. The quantitative estimate of drug-likeness (QED) is 0.331. The summed E-state index contributed by atoms with van der Waals surface area (Å²) in [5, 5.41) is 12.0. The van der Waals surface area contributed by atoms with E-state index in [1.54, 1.807) is 18.2 Å². The third kappa shape index (κ3) is 5.35. The lowest BCUT2D eigenvalue weighted by Crippen LogP contribution is -2.48. The first kappa shape index (κ1) is 27.4. The number of hydrogen-bond acceptors (Lipinski definition) is 8. The molecule has 5 rings (SSSR count). The van der Waals surface area contributed by atoms with Gasteiger partial charge in [-0.25, -0.2) is 32.1 Å². The van der Waals surface area contributed by atoms with Gasteiger partial charge in [-0.05, 0) is 35.6 Å². The molecule has 3 atom stereocenters. The van der Waals surface area contributed by atoms with Crippen LogP contribution in [-0.2, 0) is 27.3 Å². The van der Waals surface area contributed by atoms with E-state index < -0.39 is 47.7 Å². The Balaban J connectivity index is 1.38.